The largest absolute Gasteiger partial charge is 0.507 e. The molecule has 0 unspecified atom stereocenters. The van der Waals surface area contributed by atoms with Crippen LogP contribution in [0, 0.1) is 6.92 Å². The third kappa shape index (κ3) is 5.01. The molecule has 0 radical (unpaired) electrons. The highest BCUT2D eigenvalue weighted by Gasteiger charge is 2.26. The number of aryl methyl sites for hydroxylation is 1. The number of ether oxygens (including phenoxy) is 2. The Morgan fingerprint density at radius 1 is 1.22 bits per heavy atom. The maximum absolute atomic E-state index is 12.8. The van der Waals surface area contributed by atoms with Crippen LogP contribution in [-0.2, 0) is 9.53 Å². The van der Waals surface area contributed by atoms with Crippen LogP contribution in [0.3, 0.4) is 0 Å². The number of hydrogen-bond donors (Lipinski definition) is 2. The molecule has 1 aromatic heterocycles. The summed E-state index contributed by atoms with van der Waals surface area (Å²) in [6.07, 6.45) is 0.206. The summed E-state index contributed by atoms with van der Waals surface area (Å²) in [5.74, 6) is -1.10. The fourth-order valence-electron chi connectivity index (χ4n) is 3.33. The standard InChI is InChI=1S/C24H27NO7/c1-6-8-16(25-23(29)32-24(3,4)5)22(28)30-14-11-17(26)19-18(12-14)31-21-13(2)9-7-10-15(21)20(19)27/h7,9-12,16,26H,6,8H2,1-5H3,(H,25,29)/t16-/m0/s1. The molecule has 0 aliphatic carbocycles. The summed E-state index contributed by atoms with van der Waals surface area (Å²) in [5.41, 5.74) is 0.145. The molecule has 32 heavy (non-hydrogen) atoms. The zero-order chi connectivity index (χ0) is 23.6. The van der Waals surface area contributed by atoms with Crippen molar-refractivity contribution in [2.75, 3.05) is 0 Å². The summed E-state index contributed by atoms with van der Waals surface area (Å²) >= 11 is 0. The number of rotatable bonds is 5. The van der Waals surface area contributed by atoms with E-state index >= 15 is 0 Å². The van der Waals surface area contributed by atoms with Gasteiger partial charge in [0.15, 0.2) is 0 Å². The van der Waals surface area contributed by atoms with Gasteiger partial charge >= 0.3 is 12.1 Å². The van der Waals surface area contributed by atoms with Gasteiger partial charge in [0.25, 0.3) is 0 Å². The molecule has 2 aromatic carbocycles. The molecule has 0 saturated carbocycles. The van der Waals surface area contributed by atoms with Gasteiger partial charge in [-0.1, -0.05) is 25.5 Å². The van der Waals surface area contributed by atoms with Crippen LogP contribution in [0.15, 0.2) is 39.5 Å². The molecule has 170 valence electrons. The summed E-state index contributed by atoms with van der Waals surface area (Å²) in [7, 11) is 0. The van der Waals surface area contributed by atoms with E-state index in [4.69, 9.17) is 13.9 Å². The van der Waals surface area contributed by atoms with Crippen molar-refractivity contribution in [2.24, 2.45) is 0 Å². The van der Waals surface area contributed by atoms with Crippen molar-refractivity contribution < 1.29 is 28.6 Å². The number of para-hydroxylation sites is 1. The van der Waals surface area contributed by atoms with Crippen LogP contribution >= 0.6 is 0 Å². The van der Waals surface area contributed by atoms with E-state index in [9.17, 15) is 19.5 Å². The van der Waals surface area contributed by atoms with Crippen molar-refractivity contribution in [3.05, 3.63) is 46.1 Å². The van der Waals surface area contributed by atoms with Gasteiger partial charge in [-0.25, -0.2) is 9.59 Å². The van der Waals surface area contributed by atoms with E-state index in [1.807, 2.05) is 6.92 Å². The Morgan fingerprint density at radius 2 is 1.94 bits per heavy atom. The minimum atomic E-state index is -0.946. The minimum absolute atomic E-state index is 0.000104. The highest BCUT2D eigenvalue weighted by atomic mass is 16.6. The highest BCUT2D eigenvalue weighted by molar-refractivity contribution is 5.95. The molecule has 0 fully saturated rings. The lowest BCUT2D eigenvalue weighted by Gasteiger charge is -2.22. The molecule has 0 aliphatic heterocycles. The molecule has 0 saturated heterocycles. The van der Waals surface area contributed by atoms with Crippen LogP contribution in [0.25, 0.3) is 21.9 Å². The SMILES string of the molecule is CCC[C@H](NC(=O)OC(C)(C)C)C(=O)Oc1cc(O)c2c(=O)c3cccc(C)c3oc2c1. The second-order valence-corrected chi connectivity index (χ2v) is 8.61. The highest BCUT2D eigenvalue weighted by Crippen LogP contribution is 2.31. The molecule has 0 aliphatic rings. The van der Waals surface area contributed by atoms with Crippen LogP contribution in [0.4, 0.5) is 4.79 Å². The second-order valence-electron chi connectivity index (χ2n) is 8.61. The number of benzene rings is 2. The Balaban J connectivity index is 1.92. The first-order chi connectivity index (χ1) is 15.0. The van der Waals surface area contributed by atoms with Crippen molar-refractivity contribution >= 4 is 34.0 Å². The van der Waals surface area contributed by atoms with E-state index in [2.05, 4.69) is 5.32 Å². The van der Waals surface area contributed by atoms with Crippen molar-refractivity contribution in [1.29, 1.82) is 0 Å². The Kier molecular flexibility index (Phi) is 6.43. The van der Waals surface area contributed by atoms with Crippen molar-refractivity contribution in [3.63, 3.8) is 0 Å². The lowest BCUT2D eigenvalue weighted by molar-refractivity contribution is -0.137. The van der Waals surface area contributed by atoms with Gasteiger partial charge in [-0.3, -0.25) is 4.79 Å². The first-order valence-electron chi connectivity index (χ1n) is 10.4. The number of fused-ring (bicyclic) bond motifs is 2. The number of carbonyl (C=O) groups excluding carboxylic acids is 2. The van der Waals surface area contributed by atoms with Crippen molar-refractivity contribution in [2.45, 2.75) is 59.1 Å². The number of amides is 1. The number of nitrogens with one attached hydrogen (secondary N) is 1. The van der Waals surface area contributed by atoms with Crippen molar-refractivity contribution in [1.82, 2.24) is 5.32 Å². The zero-order valence-electron chi connectivity index (χ0n) is 18.8. The predicted octanol–water partition coefficient (Wildman–Crippen LogP) is 4.56. The monoisotopic (exact) mass is 441 g/mol. The number of alkyl carbamates (subject to hydrolysis) is 1. The Morgan fingerprint density at radius 3 is 2.59 bits per heavy atom. The molecule has 2 N–H and O–H groups in total. The summed E-state index contributed by atoms with van der Waals surface area (Å²) in [6.45, 7) is 8.82. The third-order valence-electron chi connectivity index (χ3n) is 4.72. The van der Waals surface area contributed by atoms with Gasteiger partial charge in [0, 0.05) is 12.1 Å². The fraction of sp³-hybridized carbons (Fsp3) is 0.375. The molecule has 8 nitrogen and oxygen atoms in total. The average Bonchev–Trinajstić information content (AvgIpc) is 2.67. The van der Waals surface area contributed by atoms with E-state index in [-0.39, 0.29) is 27.9 Å². The zero-order valence-corrected chi connectivity index (χ0v) is 18.8. The molecular formula is C24H27NO7. The molecule has 0 spiro atoms. The number of phenolic OH excluding ortho intramolecular Hbond substituents is 1. The lowest BCUT2D eigenvalue weighted by Crippen LogP contribution is -2.45. The van der Waals surface area contributed by atoms with Gasteiger partial charge in [0.1, 0.15) is 39.7 Å². The van der Waals surface area contributed by atoms with Gasteiger partial charge in [-0.2, -0.15) is 0 Å². The van der Waals surface area contributed by atoms with Crippen LogP contribution in [0.5, 0.6) is 11.5 Å². The summed E-state index contributed by atoms with van der Waals surface area (Å²) in [5, 5.41) is 13.3. The first kappa shape index (κ1) is 23.1. The van der Waals surface area contributed by atoms with Gasteiger partial charge in [-0.05, 0) is 45.7 Å². The number of aromatic hydroxyl groups is 1. The summed E-state index contributed by atoms with van der Waals surface area (Å²) in [6, 6.07) is 6.76. The molecule has 1 atom stereocenters. The molecule has 3 aromatic rings. The van der Waals surface area contributed by atoms with Crippen molar-refractivity contribution in [3.8, 4) is 11.5 Å². The number of phenols is 1. The van der Waals surface area contributed by atoms with Crippen LogP contribution in [0.2, 0.25) is 0 Å². The normalized spacial score (nSPS) is 12.5. The molecule has 1 heterocycles. The average molecular weight is 441 g/mol. The molecule has 3 rings (SSSR count). The van der Waals surface area contributed by atoms with E-state index in [0.717, 1.165) is 5.56 Å². The quantitative estimate of drug-likeness (QED) is 0.339. The molecular weight excluding hydrogens is 414 g/mol. The summed E-state index contributed by atoms with van der Waals surface area (Å²) < 4.78 is 16.5. The van der Waals surface area contributed by atoms with E-state index in [1.165, 1.54) is 12.1 Å². The van der Waals surface area contributed by atoms with Gasteiger partial charge in [0.05, 0.1) is 5.39 Å². The first-order valence-corrected chi connectivity index (χ1v) is 10.4. The van der Waals surface area contributed by atoms with E-state index in [1.54, 1.807) is 45.9 Å². The van der Waals surface area contributed by atoms with Crippen LogP contribution in [0.1, 0.15) is 46.1 Å². The fourth-order valence-corrected chi connectivity index (χ4v) is 3.33. The predicted molar refractivity (Wildman–Crippen MR) is 120 cm³/mol. The maximum atomic E-state index is 12.8. The van der Waals surface area contributed by atoms with E-state index in [0.29, 0.717) is 23.8 Å². The Bertz CT molecular complexity index is 1240. The minimum Gasteiger partial charge on any atom is -0.507 e. The molecule has 8 heteroatoms. The smallest absolute Gasteiger partial charge is 0.408 e. The Labute approximate surface area is 185 Å². The lowest BCUT2D eigenvalue weighted by atomic mass is 10.1. The van der Waals surface area contributed by atoms with Gasteiger partial charge in [0.2, 0.25) is 5.43 Å². The van der Waals surface area contributed by atoms with Crippen LogP contribution in [-0.4, -0.2) is 28.8 Å². The van der Waals surface area contributed by atoms with Gasteiger partial charge in [-0.15, -0.1) is 0 Å². The number of hydrogen-bond acceptors (Lipinski definition) is 7. The second kappa shape index (κ2) is 8.90. The maximum Gasteiger partial charge on any atom is 0.408 e. The summed E-state index contributed by atoms with van der Waals surface area (Å²) in [4.78, 5) is 37.6. The molecule has 1 amide bonds. The number of carbonyl (C=O) groups is 2. The Hall–Kier alpha value is -3.55. The molecule has 0 bridgehead atoms. The van der Waals surface area contributed by atoms with Crippen LogP contribution < -0.4 is 15.5 Å². The third-order valence-corrected chi connectivity index (χ3v) is 4.72. The van der Waals surface area contributed by atoms with E-state index < -0.39 is 23.7 Å². The number of esters is 1. The van der Waals surface area contributed by atoms with Gasteiger partial charge < -0.3 is 24.3 Å². The topological polar surface area (TPSA) is 115 Å².